The Morgan fingerprint density at radius 3 is 2.50 bits per heavy atom. The molecule has 26 heavy (non-hydrogen) atoms. The Labute approximate surface area is 153 Å². The third-order valence-electron chi connectivity index (χ3n) is 3.41. The average molecular weight is 402 g/mol. The standard InChI is InChI=1S/C15H13ClFN3O5S/c1-9-6-12(26(17,24)25)4-5-14(9)19-15(21)18-8-10-2-3-11(20(22)23)7-13(10)16/h2-7H,8H2,1H3,(H2,18,19,21). The fraction of sp³-hybridized carbons (Fsp3) is 0.133. The second-order valence-corrected chi connectivity index (χ2v) is 7.01. The number of urea groups is 1. The Kier molecular flexibility index (Phi) is 5.78. The van der Waals surface area contributed by atoms with Gasteiger partial charge >= 0.3 is 16.3 Å². The molecule has 8 nitrogen and oxygen atoms in total. The van der Waals surface area contributed by atoms with Gasteiger partial charge in [-0.1, -0.05) is 11.6 Å². The highest BCUT2D eigenvalue weighted by atomic mass is 35.5. The summed E-state index contributed by atoms with van der Waals surface area (Å²) >= 11 is 5.93. The quantitative estimate of drug-likeness (QED) is 0.451. The molecule has 2 rings (SSSR count). The molecule has 0 atom stereocenters. The summed E-state index contributed by atoms with van der Waals surface area (Å²) in [5, 5.41) is 15.8. The minimum atomic E-state index is -4.82. The number of amides is 2. The van der Waals surface area contributed by atoms with E-state index in [0.717, 1.165) is 12.1 Å². The molecule has 2 aromatic rings. The zero-order valence-electron chi connectivity index (χ0n) is 13.3. The van der Waals surface area contributed by atoms with Crippen LogP contribution in [-0.2, 0) is 16.8 Å². The lowest BCUT2D eigenvalue weighted by Crippen LogP contribution is -2.28. The van der Waals surface area contributed by atoms with Gasteiger partial charge in [-0.15, -0.1) is 3.89 Å². The molecule has 2 amide bonds. The van der Waals surface area contributed by atoms with E-state index in [9.17, 15) is 27.2 Å². The Balaban J connectivity index is 2.02. The maximum atomic E-state index is 12.9. The van der Waals surface area contributed by atoms with Crippen LogP contribution in [0.1, 0.15) is 11.1 Å². The molecular weight excluding hydrogens is 389 g/mol. The van der Waals surface area contributed by atoms with E-state index >= 15 is 0 Å². The van der Waals surface area contributed by atoms with Crippen molar-refractivity contribution in [3.8, 4) is 0 Å². The number of aryl methyl sites for hydroxylation is 1. The lowest BCUT2D eigenvalue weighted by atomic mass is 10.2. The lowest BCUT2D eigenvalue weighted by molar-refractivity contribution is -0.384. The first-order valence-corrected chi connectivity index (χ1v) is 8.87. The fourth-order valence-corrected chi connectivity index (χ4v) is 2.85. The van der Waals surface area contributed by atoms with Crippen molar-refractivity contribution in [2.75, 3.05) is 5.32 Å². The summed E-state index contributed by atoms with van der Waals surface area (Å²) < 4.78 is 34.6. The van der Waals surface area contributed by atoms with Crippen molar-refractivity contribution in [3.05, 3.63) is 62.7 Å². The van der Waals surface area contributed by atoms with Gasteiger partial charge in [0.2, 0.25) is 0 Å². The van der Waals surface area contributed by atoms with Crippen molar-refractivity contribution in [2.24, 2.45) is 0 Å². The van der Waals surface area contributed by atoms with Gasteiger partial charge in [0, 0.05) is 24.4 Å². The molecule has 0 aliphatic carbocycles. The first kappa shape index (κ1) is 19.6. The molecule has 0 aromatic heterocycles. The monoisotopic (exact) mass is 401 g/mol. The van der Waals surface area contributed by atoms with Crippen molar-refractivity contribution in [1.82, 2.24) is 5.32 Å². The highest BCUT2D eigenvalue weighted by Gasteiger charge is 2.14. The summed E-state index contributed by atoms with van der Waals surface area (Å²) in [6.07, 6.45) is 0. The van der Waals surface area contributed by atoms with Gasteiger partial charge < -0.3 is 10.6 Å². The summed E-state index contributed by atoms with van der Waals surface area (Å²) in [6, 6.07) is 6.65. The zero-order valence-corrected chi connectivity index (χ0v) is 14.9. The molecule has 0 aliphatic heterocycles. The van der Waals surface area contributed by atoms with Gasteiger partial charge in [-0.05, 0) is 42.3 Å². The average Bonchev–Trinajstić information content (AvgIpc) is 2.54. The third-order valence-corrected chi connectivity index (χ3v) is 4.58. The number of carbonyl (C=O) groups excluding carboxylic acids is 1. The highest BCUT2D eigenvalue weighted by molar-refractivity contribution is 7.86. The summed E-state index contributed by atoms with van der Waals surface area (Å²) in [4.78, 5) is 21.5. The maximum Gasteiger partial charge on any atom is 0.332 e. The van der Waals surface area contributed by atoms with Gasteiger partial charge in [0.15, 0.2) is 0 Å². The normalized spacial score (nSPS) is 11.0. The summed E-state index contributed by atoms with van der Waals surface area (Å²) in [5.41, 5.74) is 0.960. The topological polar surface area (TPSA) is 118 Å². The fourth-order valence-electron chi connectivity index (χ4n) is 2.06. The van der Waals surface area contributed by atoms with Crippen LogP contribution in [0.15, 0.2) is 41.3 Å². The number of anilines is 1. The molecule has 0 spiro atoms. The van der Waals surface area contributed by atoms with Crippen LogP contribution < -0.4 is 10.6 Å². The Hall–Kier alpha value is -2.72. The number of carbonyl (C=O) groups is 1. The van der Waals surface area contributed by atoms with E-state index in [2.05, 4.69) is 10.6 Å². The number of nitrogens with zero attached hydrogens (tertiary/aromatic N) is 1. The number of benzene rings is 2. The Morgan fingerprint density at radius 2 is 1.96 bits per heavy atom. The lowest BCUT2D eigenvalue weighted by Gasteiger charge is -2.11. The first-order valence-electron chi connectivity index (χ1n) is 7.11. The molecule has 0 fully saturated rings. The third kappa shape index (κ3) is 4.90. The minimum Gasteiger partial charge on any atom is -0.334 e. The van der Waals surface area contributed by atoms with Crippen molar-refractivity contribution in [1.29, 1.82) is 0 Å². The number of nitrogens with one attached hydrogen (secondary N) is 2. The minimum absolute atomic E-state index is 0.0126. The molecule has 0 heterocycles. The largest absolute Gasteiger partial charge is 0.334 e. The molecule has 138 valence electrons. The second kappa shape index (κ2) is 7.67. The predicted molar refractivity (Wildman–Crippen MR) is 93.4 cm³/mol. The van der Waals surface area contributed by atoms with Crippen molar-refractivity contribution in [3.63, 3.8) is 0 Å². The van der Waals surface area contributed by atoms with Crippen LogP contribution in [0.25, 0.3) is 0 Å². The number of nitro groups is 1. The predicted octanol–water partition coefficient (Wildman–Crippen LogP) is 3.54. The Morgan fingerprint density at radius 1 is 1.27 bits per heavy atom. The van der Waals surface area contributed by atoms with E-state index < -0.39 is 26.1 Å². The molecule has 0 aliphatic rings. The van der Waals surface area contributed by atoms with E-state index in [0.29, 0.717) is 16.8 Å². The van der Waals surface area contributed by atoms with E-state index in [1.54, 1.807) is 0 Å². The molecular formula is C15H13ClFN3O5S. The molecule has 2 aromatic carbocycles. The van der Waals surface area contributed by atoms with Crippen LogP contribution in [-0.4, -0.2) is 19.4 Å². The Bertz CT molecular complexity index is 981. The zero-order chi connectivity index (χ0) is 19.5. The van der Waals surface area contributed by atoms with Crippen LogP contribution in [0.3, 0.4) is 0 Å². The number of hydrogen-bond acceptors (Lipinski definition) is 5. The van der Waals surface area contributed by atoms with E-state index in [1.165, 1.54) is 31.2 Å². The molecule has 0 radical (unpaired) electrons. The van der Waals surface area contributed by atoms with Gasteiger partial charge in [-0.2, -0.15) is 8.42 Å². The van der Waals surface area contributed by atoms with Gasteiger partial charge in [-0.3, -0.25) is 10.1 Å². The number of hydrogen-bond donors (Lipinski definition) is 2. The SMILES string of the molecule is Cc1cc(S(=O)(=O)F)ccc1NC(=O)NCc1ccc([N+](=O)[O-])cc1Cl. The molecule has 0 bridgehead atoms. The van der Waals surface area contributed by atoms with E-state index in [1.807, 2.05) is 0 Å². The van der Waals surface area contributed by atoms with Crippen LogP contribution in [0.5, 0.6) is 0 Å². The van der Waals surface area contributed by atoms with Gasteiger partial charge in [-0.25, -0.2) is 4.79 Å². The van der Waals surface area contributed by atoms with Crippen molar-refractivity contribution < 1.29 is 22.0 Å². The number of nitro benzene ring substituents is 1. The summed E-state index contributed by atoms with van der Waals surface area (Å²) in [5.74, 6) is 0. The van der Waals surface area contributed by atoms with Crippen LogP contribution >= 0.6 is 11.6 Å². The number of rotatable bonds is 5. The summed E-state index contributed by atoms with van der Waals surface area (Å²) in [7, 11) is -4.82. The maximum absolute atomic E-state index is 12.9. The van der Waals surface area contributed by atoms with Gasteiger partial charge in [0.25, 0.3) is 5.69 Å². The smallest absolute Gasteiger partial charge is 0.332 e. The van der Waals surface area contributed by atoms with E-state index in [-0.39, 0.29) is 17.3 Å². The summed E-state index contributed by atoms with van der Waals surface area (Å²) in [6.45, 7) is 1.52. The number of halogens is 2. The molecule has 0 unspecified atom stereocenters. The number of non-ortho nitro benzene ring substituents is 1. The van der Waals surface area contributed by atoms with Gasteiger partial charge in [0.1, 0.15) is 0 Å². The molecule has 0 saturated carbocycles. The van der Waals surface area contributed by atoms with Crippen molar-refractivity contribution >= 4 is 39.2 Å². The van der Waals surface area contributed by atoms with E-state index in [4.69, 9.17) is 11.6 Å². The first-order chi connectivity index (χ1) is 12.1. The molecule has 11 heteroatoms. The van der Waals surface area contributed by atoms with Crippen LogP contribution in [0.4, 0.5) is 20.1 Å². The molecule has 0 saturated heterocycles. The molecule has 2 N–H and O–H groups in total. The van der Waals surface area contributed by atoms with Crippen molar-refractivity contribution in [2.45, 2.75) is 18.4 Å². The van der Waals surface area contributed by atoms with Crippen LogP contribution in [0, 0.1) is 17.0 Å². The van der Waals surface area contributed by atoms with Crippen LogP contribution in [0.2, 0.25) is 5.02 Å². The second-order valence-electron chi connectivity index (χ2n) is 5.26. The van der Waals surface area contributed by atoms with Gasteiger partial charge in [0.05, 0.1) is 14.8 Å². The highest BCUT2D eigenvalue weighted by Crippen LogP contribution is 2.23.